The highest BCUT2D eigenvalue weighted by Crippen LogP contribution is 2.20. The minimum atomic E-state index is -0.857. The van der Waals surface area contributed by atoms with Gasteiger partial charge in [-0.15, -0.1) is 0 Å². The van der Waals surface area contributed by atoms with Crippen molar-refractivity contribution < 1.29 is 14.7 Å². The van der Waals surface area contributed by atoms with Crippen LogP contribution in [-0.2, 0) is 11.2 Å². The standard InChI is InChI=1S/C15H20N2O3/c1-2-11-7-8-17(10-11)15(20)16-13-5-3-12(4-6-13)9-14(18)19/h3-6,11H,2,7-10H2,1H3,(H,16,20)(H,18,19). The van der Waals surface area contributed by atoms with E-state index in [0.29, 0.717) is 11.6 Å². The fourth-order valence-corrected chi connectivity index (χ4v) is 2.43. The van der Waals surface area contributed by atoms with Gasteiger partial charge in [0.2, 0.25) is 0 Å². The maximum atomic E-state index is 12.1. The molecule has 20 heavy (non-hydrogen) atoms. The lowest BCUT2D eigenvalue weighted by Gasteiger charge is -2.17. The molecular weight excluding hydrogens is 256 g/mol. The van der Waals surface area contributed by atoms with Gasteiger partial charge in [-0.2, -0.15) is 0 Å². The van der Waals surface area contributed by atoms with Crippen LogP contribution in [0.2, 0.25) is 0 Å². The average molecular weight is 276 g/mol. The molecule has 1 aliphatic heterocycles. The Morgan fingerprint density at radius 3 is 2.60 bits per heavy atom. The van der Waals surface area contributed by atoms with Crippen LogP contribution in [0.25, 0.3) is 0 Å². The van der Waals surface area contributed by atoms with Crippen molar-refractivity contribution in [3.05, 3.63) is 29.8 Å². The highest BCUT2D eigenvalue weighted by Gasteiger charge is 2.24. The van der Waals surface area contributed by atoms with Crippen LogP contribution in [0, 0.1) is 5.92 Å². The summed E-state index contributed by atoms with van der Waals surface area (Å²) >= 11 is 0. The van der Waals surface area contributed by atoms with Crippen LogP contribution in [0.4, 0.5) is 10.5 Å². The third-order valence-electron chi connectivity index (χ3n) is 3.71. The van der Waals surface area contributed by atoms with Gasteiger partial charge in [-0.25, -0.2) is 4.79 Å². The van der Waals surface area contributed by atoms with E-state index in [4.69, 9.17) is 5.11 Å². The van der Waals surface area contributed by atoms with Crippen molar-refractivity contribution in [3.8, 4) is 0 Å². The minimum absolute atomic E-state index is 0.00146. The molecule has 1 fully saturated rings. The second kappa shape index (κ2) is 6.41. The van der Waals surface area contributed by atoms with Gasteiger partial charge in [0.25, 0.3) is 0 Å². The zero-order valence-corrected chi connectivity index (χ0v) is 11.6. The van der Waals surface area contributed by atoms with Crippen LogP contribution in [0.1, 0.15) is 25.3 Å². The van der Waals surface area contributed by atoms with Crippen molar-refractivity contribution >= 4 is 17.7 Å². The number of amides is 2. The number of carbonyl (C=O) groups excluding carboxylic acids is 1. The van der Waals surface area contributed by atoms with Crippen LogP contribution in [-0.4, -0.2) is 35.1 Å². The Morgan fingerprint density at radius 1 is 1.35 bits per heavy atom. The van der Waals surface area contributed by atoms with Gasteiger partial charge in [-0.05, 0) is 30.0 Å². The number of nitrogens with zero attached hydrogens (tertiary/aromatic N) is 1. The number of hydrogen-bond acceptors (Lipinski definition) is 2. The Morgan fingerprint density at radius 2 is 2.05 bits per heavy atom. The molecule has 2 amide bonds. The van der Waals surface area contributed by atoms with E-state index in [0.717, 1.165) is 31.5 Å². The van der Waals surface area contributed by atoms with Gasteiger partial charge in [0.05, 0.1) is 6.42 Å². The van der Waals surface area contributed by atoms with E-state index in [1.54, 1.807) is 24.3 Å². The molecule has 1 atom stereocenters. The van der Waals surface area contributed by atoms with Crippen LogP contribution in [0.15, 0.2) is 24.3 Å². The third kappa shape index (κ3) is 3.73. The molecule has 1 heterocycles. The van der Waals surface area contributed by atoms with Crippen molar-refractivity contribution in [1.29, 1.82) is 0 Å². The number of benzene rings is 1. The van der Waals surface area contributed by atoms with Crippen LogP contribution >= 0.6 is 0 Å². The zero-order valence-electron chi connectivity index (χ0n) is 11.6. The molecule has 0 bridgehead atoms. The highest BCUT2D eigenvalue weighted by atomic mass is 16.4. The fourth-order valence-electron chi connectivity index (χ4n) is 2.43. The number of carbonyl (C=O) groups is 2. The average Bonchev–Trinajstić information content (AvgIpc) is 2.89. The number of carboxylic acids is 1. The zero-order chi connectivity index (χ0) is 14.5. The van der Waals surface area contributed by atoms with E-state index in [2.05, 4.69) is 12.2 Å². The Balaban J connectivity index is 1.90. The van der Waals surface area contributed by atoms with Crippen LogP contribution < -0.4 is 5.32 Å². The maximum absolute atomic E-state index is 12.1. The molecule has 1 aliphatic rings. The topological polar surface area (TPSA) is 69.6 Å². The maximum Gasteiger partial charge on any atom is 0.321 e. The number of nitrogens with one attached hydrogen (secondary N) is 1. The van der Waals surface area contributed by atoms with Gasteiger partial charge in [-0.3, -0.25) is 4.79 Å². The van der Waals surface area contributed by atoms with E-state index >= 15 is 0 Å². The first-order valence-electron chi connectivity index (χ1n) is 6.95. The molecule has 108 valence electrons. The minimum Gasteiger partial charge on any atom is -0.481 e. The largest absolute Gasteiger partial charge is 0.481 e. The summed E-state index contributed by atoms with van der Waals surface area (Å²) in [5.74, 6) is -0.247. The monoisotopic (exact) mass is 276 g/mol. The number of carboxylic acid groups (broad SMARTS) is 1. The molecule has 0 aliphatic carbocycles. The Labute approximate surface area is 118 Å². The number of likely N-dealkylation sites (tertiary alicyclic amines) is 1. The van der Waals surface area contributed by atoms with Gasteiger partial charge >= 0.3 is 12.0 Å². The van der Waals surface area contributed by atoms with Gasteiger partial charge in [0, 0.05) is 18.8 Å². The third-order valence-corrected chi connectivity index (χ3v) is 3.71. The number of urea groups is 1. The van der Waals surface area contributed by atoms with E-state index in [9.17, 15) is 9.59 Å². The summed E-state index contributed by atoms with van der Waals surface area (Å²) in [6.45, 7) is 3.77. The van der Waals surface area contributed by atoms with Crippen molar-refractivity contribution in [2.75, 3.05) is 18.4 Å². The summed E-state index contributed by atoms with van der Waals surface area (Å²) in [6, 6.07) is 6.85. The molecule has 1 aromatic rings. The highest BCUT2D eigenvalue weighted by molar-refractivity contribution is 5.89. The van der Waals surface area contributed by atoms with Crippen LogP contribution in [0.5, 0.6) is 0 Å². The number of rotatable bonds is 4. The van der Waals surface area contributed by atoms with Crippen molar-refractivity contribution in [2.45, 2.75) is 26.2 Å². The van der Waals surface area contributed by atoms with Gasteiger partial charge in [-0.1, -0.05) is 25.5 Å². The summed E-state index contributed by atoms with van der Waals surface area (Å²) in [5.41, 5.74) is 1.42. The van der Waals surface area contributed by atoms with E-state index in [-0.39, 0.29) is 12.5 Å². The van der Waals surface area contributed by atoms with Crippen molar-refractivity contribution in [3.63, 3.8) is 0 Å². The van der Waals surface area contributed by atoms with E-state index < -0.39 is 5.97 Å². The molecule has 0 saturated carbocycles. The van der Waals surface area contributed by atoms with Crippen LogP contribution in [0.3, 0.4) is 0 Å². The Hall–Kier alpha value is -2.04. The number of hydrogen-bond donors (Lipinski definition) is 2. The summed E-state index contributed by atoms with van der Waals surface area (Å²) in [6.07, 6.45) is 2.17. The molecule has 0 radical (unpaired) electrons. The van der Waals surface area contributed by atoms with Crippen molar-refractivity contribution in [2.24, 2.45) is 5.92 Å². The SMILES string of the molecule is CCC1CCN(C(=O)Nc2ccc(CC(=O)O)cc2)C1. The normalized spacial score (nSPS) is 18.1. The predicted octanol–water partition coefficient (Wildman–Crippen LogP) is 2.58. The molecule has 1 aromatic carbocycles. The molecule has 2 rings (SSSR count). The predicted molar refractivity (Wildman–Crippen MR) is 76.8 cm³/mol. The Kier molecular flexibility index (Phi) is 4.61. The fraction of sp³-hybridized carbons (Fsp3) is 0.467. The molecule has 0 aromatic heterocycles. The van der Waals surface area contributed by atoms with Gasteiger partial charge in [0.15, 0.2) is 0 Å². The van der Waals surface area contributed by atoms with E-state index in [1.165, 1.54) is 0 Å². The molecule has 2 N–H and O–H groups in total. The first kappa shape index (κ1) is 14.4. The molecule has 5 heteroatoms. The lowest BCUT2D eigenvalue weighted by molar-refractivity contribution is -0.136. The second-order valence-electron chi connectivity index (χ2n) is 5.21. The quantitative estimate of drug-likeness (QED) is 0.888. The van der Waals surface area contributed by atoms with Crippen molar-refractivity contribution in [1.82, 2.24) is 4.90 Å². The number of anilines is 1. The van der Waals surface area contributed by atoms with E-state index in [1.807, 2.05) is 4.90 Å². The summed E-state index contributed by atoms with van der Waals surface area (Å²) in [7, 11) is 0. The van der Waals surface area contributed by atoms with Gasteiger partial charge < -0.3 is 15.3 Å². The summed E-state index contributed by atoms with van der Waals surface area (Å²) in [4.78, 5) is 24.5. The molecular formula is C15H20N2O3. The Bertz CT molecular complexity index is 484. The lowest BCUT2D eigenvalue weighted by Crippen LogP contribution is -2.32. The molecule has 1 saturated heterocycles. The van der Waals surface area contributed by atoms with Gasteiger partial charge in [0.1, 0.15) is 0 Å². The summed E-state index contributed by atoms with van der Waals surface area (Å²) in [5, 5.41) is 11.5. The second-order valence-corrected chi connectivity index (χ2v) is 5.21. The molecule has 1 unspecified atom stereocenters. The molecule has 0 spiro atoms. The lowest BCUT2D eigenvalue weighted by atomic mass is 10.1. The summed E-state index contributed by atoms with van der Waals surface area (Å²) < 4.78 is 0. The molecule has 5 nitrogen and oxygen atoms in total. The smallest absolute Gasteiger partial charge is 0.321 e. The first-order chi connectivity index (χ1) is 9.58. The first-order valence-corrected chi connectivity index (χ1v) is 6.95. The number of aliphatic carboxylic acids is 1.